The minimum atomic E-state index is -0.0684. The van der Waals surface area contributed by atoms with E-state index in [4.69, 9.17) is 23.2 Å². The highest BCUT2D eigenvalue weighted by Crippen LogP contribution is 2.32. The second-order valence-corrected chi connectivity index (χ2v) is 6.58. The standard InChI is InChI=1S/C18H19Cl2N3O/c1-13-5-2-3-7-15(13)21-18(24)23-11-9-22(10-12-23)16-8-4-6-14(19)17(16)20/h2-8H,9-12H2,1H3,(H,21,24). The maximum atomic E-state index is 12.4. The van der Waals surface area contributed by atoms with Crippen molar-refractivity contribution in [3.05, 3.63) is 58.1 Å². The van der Waals surface area contributed by atoms with Gasteiger partial charge in [0.2, 0.25) is 0 Å². The smallest absolute Gasteiger partial charge is 0.321 e. The highest BCUT2D eigenvalue weighted by atomic mass is 35.5. The molecular formula is C18H19Cl2N3O. The number of aryl methyl sites for hydroxylation is 1. The van der Waals surface area contributed by atoms with Crippen LogP contribution in [0.3, 0.4) is 0 Å². The van der Waals surface area contributed by atoms with Crippen LogP contribution >= 0.6 is 23.2 Å². The number of para-hydroxylation sites is 1. The van der Waals surface area contributed by atoms with E-state index in [9.17, 15) is 4.79 Å². The average Bonchev–Trinajstić information content (AvgIpc) is 2.59. The normalized spacial score (nSPS) is 14.6. The number of nitrogens with zero attached hydrogens (tertiary/aromatic N) is 2. The number of amides is 2. The molecule has 6 heteroatoms. The van der Waals surface area contributed by atoms with E-state index in [1.807, 2.05) is 48.2 Å². The van der Waals surface area contributed by atoms with E-state index < -0.39 is 0 Å². The second kappa shape index (κ2) is 7.32. The number of urea groups is 1. The summed E-state index contributed by atoms with van der Waals surface area (Å²) in [7, 11) is 0. The lowest BCUT2D eigenvalue weighted by atomic mass is 10.2. The molecule has 0 bridgehead atoms. The van der Waals surface area contributed by atoms with Crippen LogP contribution < -0.4 is 10.2 Å². The molecular weight excluding hydrogens is 345 g/mol. The van der Waals surface area contributed by atoms with E-state index in [-0.39, 0.29) is 6.03 Å². The van der Waals surface area contributed by atoms with Crippen molar-refractivity contribution in [2.24, 2.45) is 0 Å². The topological polar surface area (TPSA) is 35.6 Å². The van der Waals surface area contributed by atoms with Crippen molar-refractivity contribution >= 4 is 40.6 Å². The molecule has 3 rings (SSSR count). The third-order valence-electron chi connectivity index (χ3n) is 4.23. The zero-order valence-corrected chi connectivity index (χ0v) is 14.9. The fourth-order valence-corrected chi connectivity index (χ4v) is 3.21. The Morgan fingerprint density at radius 1 is 1.00 bits per heavy atom. The van der Waals surface area contributed by atoms with Gasteiger partial charge in [-0.05, 0) is 30.7 Å². The molecule has 0 unspecified atom stereocenters. The van der Waals surface area contributed by atoms with Crippen molar-refractivity contribution < 1.29 is 4.79 Å². The van der Waals surface area contributed by atoms with E-state index in [1.165, 1.54) is 0 Å². The Kier molecular flexibility index (Phi) is 5.17. The van der Waals surface area contributed by atoms with Gasteiger partial charge in [-0.1, -0.05) is 47.5 Å². The summed E-state index contributed by atoms with van der Waals surface area (Å²) >= 11 is 12.4. The van der Waals surface area contributed by atoms with Gasteiger partial charge in [0.15, 0.2) is 0 Å². The van der Waals surface area contributed by atoms with Crippen LogP contribution in [0.1, 0.15) is 5.56 Å². The number of carbonyl (C=O) groups excluding carboxylic acids is 1. The Bertz CT molecular complexity index is 743. The predicted octanol–water partition coefficient (Wildman–Crippen LogP) is 4.66. The highest BCUT2D eigenvalue weighted by Gasteiger charge is 2.23. The van der Waals surface area contributed by atoms with Crippen molar-refractivity contribution in [2.45, 2.75) is 6.92 Å². The molecule has 1 saturated heterocycles. The zero-order chi connectivity index (χ0) is 17.1. The van der Waals surface area contributed by atoms with Crippen LogP contribution in [0.2, 0.25) is 10.0 Å². The number of halogens is 2. The third kappa shape index (κ3) is 3.60. The summed E-state index contributed by atoms with van der Waals surface area (Å²) in [6.45, 7) is 4.71. The molecule has 126 valence electrons. The molecule has 1 aliphatic heterocycles. The van der Waals surface area contributed by atoms with Crippen LogP contribution in [0, 0.1) is 6.92 Å². The van der Waals surface area contributed by atoms with Crippen LogP contribution in [-0.4, -0.2) is 37.1 Å². The number of hydrogen-bond acceptors (Lipinski definition) is 2. The summed E-state index contributed by atoms with van der Waals surface area (Å²) in [5.74, 6) is 0. The van der Waals surface area contributed by atoms with Gasteiger partial charge in [0, 0.05) is 31.9 Å². The van der Waals surface area contributed by atoms with E-state index in [2.05, 4.69) is 10.2 Å². The minimum absolute atomic E-state index is 0.0684. The van der Waals surface area contributed by atoms with Gasteiger partial charge >= 0.3 is 6.03 Å². The van der Waals surface area contributed by atoms with Crippen LogP contribution in [0.4, 0.5) is 16.2 Å². The van der Waals surface area contributed by atoms with Crippen LogP contribution in [-0.2, 0) is 0 Å². The number of rotatable bonds is 2. The SMILES string of the molecule is Cc1ccccc1NC(=O)N1CCN(c2cccc(Cl)c2Cl)CC1. The number of carbonyl (C=O) groups is 1. The Labute approximate surface area is 152 Å². The monoisotopic (exact) mass is 363 g/mol. The lowest BCUT2D eigenvalue weighted by Gasteiger charge is -2.36. The number of anilines is 2. The second-order valence-electron chi connectivity index (χ2n) is 5.79. The molecule has 0 saturated carbocycles. The average molecular weight is 364 g/mol. The Balaban J connectivity index is 1.62. The molecule has 0 atom stereocenters. The van der Waals surface area contributed by atoms with Crippen molar-refractivity contribution in [1.82, 2.24) is 4.90 Å². The molecule has 2 amide bonds. The summed E-state index contributed by atoms with van der Waals surface area (Å²) < 4.78 is 0. The fourth-order valence-electron chi connectivity index (χ4n) is 2.79. The van der Waals surface area contributed by atoms with Crippen molar-refractivity contribution in [2.75, 3.05) is 36.4 Å². The molecule has 1 heterocycles. The van der Waals surface area contributed by atoms with Gasteiger partial charge in [-0.15, -0.1) is 0 Å². The molecule has 1 aliphatic rings. The Morgan fingerprint density at radius 2 is 1.71 bits per heavy atom. The summed E-state index contributed by atoms with van der Waals surface area (Å²) in [4.78, 5) is 16.4. The van der Waals surface area contributed by atoms with E-state index >= 15 is 0 Å². The molecule has 4 nitrogen and oxygen atoms in total. The molecule has 2 aromatic rings. The molecule has 0 aromatic heterocycles. The van der Waals surface area contributed by atoms with Crippen molar-refractivity contribution in [1.29, 1.82) is 0 Å². The summed E-state index contributed by atoms with van der Waals surface area (Å²) in [6.07, 6.45) is 0. The van der Waals surface area contributed by atoms with E-state index in [1.54, 1.807) is 6.07 Å². The molecule has 24 heavy (non-hydrogen) atoms. The van der Waals surface area contributed by atoms with Crippen molar-refractivity contribution in [3.8, 4) is 0 Å². The third-order valence-corrected chi connectivity index (χ3v) is 5.03. The molecule has 1 fully saturated rings. The van der Waals surface area contributed by atoms with Gasteiger partial charge in [-0.25, -0.2) is 4.79 Å². The molecule has 0 radical (unpaired) electrons. The first-order valence-electron chi connectivity index (χ1n) is 7.87. The van der Waals surface area contributed by atoms with Gasteiger partial charge in [0.05, 0.1) is 15.7 Å². The zero-order valence-electron chi connectivity index (χ0n) is 13.4. The summed E-state index contributed by atoms with van der Waals surface area (Å²) in [6, 6.07) is 13.3. The number of nitrogens with one attached hydrogen (secondary N) is 1. The van der Waals surface area contributed by atoms with Gasteiger partial charge < -0.3 is 15.1 Å². The first-order valence-corrected chi connectivity index (χ1v) is 8.62. The minimum Gasteiger partial charge on any atom is -0.367 e. The van der Waals surface area contributed by atoms with Crippen LogP contribution in [0.15, 0.2) is 42.5 Å². The highest BCUT2D eigenvalue weighted by molar-refractivity contribution is 6.43. The maximum absolute atomic E-state index is 12.4. The van der Waals surface area contributed by atoms with Crippen LogP contribution in [0.25, 0.3) is 0 Å². The fraction of sp³-hybridized carbons (Fsp3) is 0.278. The lowest BCUT2D eigenvalue weighted by molar-refractivity contribution is 0.208. The molecule has 2 aromatic carbocycles. The van der Waals surface area contributed by atoms with E-state index in [0.29, 0.717) is 23.1 Å². The number of hydrogen-bond donors (Lipinski definition) is 1. The van der Waals surface area contributed by atoms with Gasteiger partial charge in [-0.3, -0.25) is 0 Å². The van der Waals surface area contributed by atoms with Crippen molar-refractivity contribution in [3.63, 3.8) is 0 Å². The largest absolute Gasteiger partial charge is 0.367 e. The first kappa shape index (κ1) is 16.9. The molecule has 0 spiro atoms. The van der Waals surface area contributed by atoms with Gasteiger partial charge in [0.25, 0.3) is 0 Å². The lowest BCUT2D eigenvalue weighted by Crippen LogP contribution is -2.50. The van der Waals surface area contributed by atoms with Gasteiger partial charge in [-0.2, -0.15) is 0 Å². The summed E-state index contributed by atoms with van der Waals surface area (Å²) in [5, 5.41) is 4.09. The van der Waals surface area contributed by atoms with E-state index in [0.717, 1.165) is 30.0 Å². The van der Waals surface area contributed by atoms with Gasteiger partial charge in [0.1, 0.15) is 0 Å². The molecule has 0 aliphatic carbocycles. The van der Waals surface area contributed by atoms with Crippen LogP contribution in [0.5, 0.6) is 0 Å². The predicted molar refractivity (Wildman–Crippen MR) is 100 cm³/mol. The molecule has 1 N–H and O–H groups in total. The first-order chi connectivity index (χ1) is 11.6. The maximum Gasteiger partial charge on any atom is 0.321 e. The number of benzene rings is 2. The Hall–Kier alpha value is -1.91. The Morgan fingerprint density at radius 3 is 2.42 bits per heavy atom. The number of piperazine rings is 1. The summed E-state index contributed by atoms with van der Waals surface area (Å²) in [5.41, 5.74) is 2.82. The quantitative estimate of drug-likeness (QED) is 0.842.